The molecule has 1 aliphatic rings. The average molecular weight is 540 g/mol. The molecule has 5 N–H and O–H groups in total. The summed E-state index contributed by atoms with van der Waals surface area (Å²) in [5, 5.41) is 14.6. The van der Waals surface area contributed by atoms with Crippen molar-refractivity contribution in [1.29, 1.82) is 0 Å². The lowest BCUT2D eigenvalue weighted by Crippen LogP contribution is -2.30. The van der Waals surface area contributed by atoms with Gasteiger partial charge < -0.3 is 26.2 Å². The first-order valence-electron chi connectivity index (χ1n) is 12.7. The molecule has 0 spiro atoms. The third-order valence-corrected chi connectivity index (χ3v) is 6.16. The number of aryl methyl sites for hydroxylation is 2. The zero-order valence-electron chi connectivity index (χ0n) is 23.0. The number of hydrogen-bond donors (Lipinski definition) is 4. The highest BCUT2D eigenvalue weighted by Gasteiger charge is 2.36. The van der Waals surface area contributed by atoms with Crippen LogP contribution in [0.2, 0.25) is 0 Å². The van der Waals surface area contributed by atoms with Gasteiger partial charge in [0.15, 0.2) is 0 Å². The number of urea groups is 1. The molecule has 3 amide bonds. The molecule has 1 aliphatic carbocycles. The molecule has 1 saturated carbocycles. The number of hydrogen-bond acceptors (Lipinski definition) is 6. The van der Waals surface area contributed by atoms with Gasteiger partial charge in [0.2, 0.25) is 12.3 Å². The van der Waals surface area contributed by atoms with Crippen molar-refractivity contribution in [3.05, 3.63) is 70.8 Å². The summed E-state index contributed by atoms with van der Waals surface area (Å²) in [7, 11) is 0. The van der Waals surface area contributed by atoms with Crippen LogP contribution < -0.4 is 16.4 Å². The highest BCUT2D eigenvalue weighted by atomic mass is 19.1. The molecule has 0 aliphatic heterocycles. The first-order valence-corrected chi connectivity index (χ1v) is 12.7. The summed E-state index contributed by atoms with van der Waals surface area (Å²) in [5.74, 6) is -0.222. The molecule has 0 radical (unpaired) electrons. The van der Waals surface area contributed by atoms with E-state index >= 15 is 0 Å². The van der Waals surface area contributed by atoms with Crippen molar-refractivity contribution in [2.75, 3.05) is 25.1 Å². The van der Waals surface area contributed by atoms with Crippen molar-refractivity contribution in [2.45, 2.75) is 47.0 Å². The summed E-state index contributed by atoms with van der Waals surface area (Å²) in [6.07, 6.45) is 10.5. The molecule has 0 atom stereocenters. The Morgan fingerprint density at radius 3 is 2.64 bits per heavy atom. The molecule has 210 valence electrons. The number of aliphatic hydroxyl groups is 1. The van der Waals surface area contributed by atoms with Crippen molar-refractivity contribution in [2.24, 2.45) is 16.1 Å². The average Bonchev–Trinajstić information content (AvgIpc) is 3.63. The predicted octanol–water partition coefficient (Wildman–Crippen LogP) is 4.73. The van der Waals surface area contributed by atoms with Gasteiger partial charge in [0.25, 0.3) is 0 Å². The van der Waals surface area contributed by atoms with E-state index in [1.54, 1.807) is 31.3 Å². The SMILES string of the molecule is C\C=C(/N=C(\C=C\c1cc(NC(=O)NCCC2(C)CC2)c(F)cc1C)OCCO)c1ccnc(C)c1.NC=O. The van der Waals surface area contributed by atoms with Crippen LogP contribution >= 0.6 is 0 Å². The number of benzene rings is 1. The Bertz CT molecular complexity index is 1220. The Hall–Kier alpha value is -4.05. The van der Waals surface area contributed by atoms with Gasteiger partial charge in [-0.25, -0.2) is 14.2 Å². The summed E-state index contributed by atoms with van der Waals surface area (Å²) in [6, 6.07) is 6.30. The number of aromatic nitrogens is 1. The van der Waals surface area contributed by atoms with Crippen LogP contribution in [0, 0.1) is 25.1 Å². The Balaban J connectivity index is 0.00000170. The number of anilines is 1. The first kappa shape index (κ1) is 31.2. The third-order valence-electron chi connectivity index (χ3n) is 6.16. The minimum atomic E-state index is -0.511. The zero-order valence-corrected chi connectivity index (χ0v) is 23.0. The van der Waals surface area contributed by atoms with E-state index in [0.29, 0.717) is 28.8 Å². The molecule has 0 saturated heterocycles. The van der Waals surface area contributed by atoms with Crippen LogP contribution in [0.25, 0.3) is 11.8 Å². The number of primary amides is 1. The number of nitrogens with one attached hydrogen (secondary N) is 2. The normalized spacial score (nSPS) is 14.3. The Labute approximate surface area is 229 Å². The maximum atomic E-state index is 14.6. The van der Waals surface area contributed by atoms with Crippen molar-refractivity contribution in [3.8, 4) is 0 Å². The van der Waals surface area contributed by atoms with Crippen LogP contribution in [0.5, 0.6) is 0 Å². The molecular formula is C29H38FN5O4. The van der Waals surface area contributed by atoms with Gasteiger partial charge in [-0.3, -0.25) is 9.78 Å². The van der Waals surface area contributed by atoms with Gasteiger partial charge in [0.05, 0.1) is 18.0 Å². The van der Waals surface area contributed by atoms with E-state index in [9.17, 15) is 14.3 Å². The Morgan fingerprint density at radius 2 is 2.03 bits per heavy atom. The number of rotatable bonds is 10. The fourth-order valence-electron chi connectivity index (χ4n) is 3.62. The highest BCUT2D eigenvalue weighted by molar-refractivity contribution is 5.96. The smallest absolute Gasteiger partial charge is 0.319 e. The summed E-state index contributed by atoms with van der Waals surface area (Å²) in [4.78, 5) is 29.7. The Morgan fingerprint density at radius 1 is 1.31 bits per heavy atom. The lowest BCUT2D eigenvalue weighted by molar-refractivity contribution is -0.106. The molecule has 3 rings (SSSR count). The van der Waals surface area contributed by atoms with Crippen molar-refractivity contribution in [3.63, 3.8) is 0 Å². The Kier molecular flexibility index (Phi) is 12.3. The van der Waals surface area contributed by atoms with Gasteiger partial charge in [0, 0.05) is 30.1 Å². The van der Waals surface area contributed by atoms with E-state index in [0.717, 1.165) is 17.7 Å². The number of pyridine rings is 1. The molecule has 1 heterocycles. The van der Waals surface area contributed by atoms with Crippen LogP contribution in [0.3, 0.4) is 0 Å². The molecule has 2 aromatic rings. The van der Waals surface area contributed by atoms with E-state index in [2.05, 4.69) is 33.3 Å². The van der Waals surface area contributed by atoms with Crippen molar-refractivity contribution < 1.29 is 23.8 Å². The molecular weight excluding hydrogens is 501 g/mol. The van der Waals surface area contributed by atoms with Crippen molar-refractivity contribution in [1.82, 2.24) is 10.3 Å². The number of halogens is 1. The molecule has 9 nitrogen and oxygen atoms in total. The summed E-state index contributed by atoms with van der Waals surface area (Å²) in [5.41, 5.74) is 8.41. The van der Waals surface area contributed by atoms with Gasteiger partial charge >= 0.3 is 6.03 Å². The monoisotopic (exact) mass is 539 g/mol. The van der Waals surface area contributed by atoms with Crippen LogP contribution in [0.15, 0.2) is 47.6 Å². The number of carbonyl (C=O) groups is 2. The number of aliphatic hydroxyl groups excluding tert-OH is 1. The summed E-state index contributed by atoms with van der Waals surface area (Å²) >= 11 is 0. The van der Waals surface area contributed by atoms with E-state index in [-0.39, 0.29) is 31.2 Å². The molecule has 1 aromatic heterocycles. The lowest BCUT2D eigenvalue weighted by Gasteiger charge is -2.12. The van der Waals surface area contributed by atoms with Gasteiger partial charge in [-0.05, 0) is 86.9 Å². The maximum Gasteiger partial charge on any atom is 0.319 e. The van der Waals surface area contributed by atoms with Gasteiger partial charge in [-0.1, -0.05) is 13.0 Å². The second kappa shape index (κ2) is 15.4. The second-order valence-electron chi connectivity index (χ2n) is 9.48. The number of aliphatic imine (C=N–C) groups is 1. The quantitative estimate of drug-likeness (QED) is 0.196. The molecule has 0 bridgehead atoms. The van der Waals surface area contributed by atoms with Gasteiger partial charge in [-0.2, -0.15) is 0 Å². The topological polar surface area (TPSA) is 139 Å². The van der Waals surface area contributed by atoms with Gasteiger partial charge in [0.1, 0.15) is 12.4 Å². The maximum absolute atomic E-state index is 14.6. The molecule has 1 aromatic carbocycles. The second-order valence-corrected chi connectivity index (χ2v) is 9.48. The van der Waals surface area contributed by atoms with Gasteiger partial charge in [-0.15, -0.1) is 0 Å². The van der Waals surface area contributed by atoms with E-state index in [1.807, 2.05) is 32.1 Å². The summed E-state index contributed by atoms with van der Waals surface area (Å²) < 4.78 is 20.2. The molecule has 10 heteroatoms. The zero-order chi connectivity index (χ0) is 28.8. The number of allylic oxidation sites excluding steroid dienone is 1. The van der Waals surface area contributed by atoms with E-state index in [1.165, 1.54) is 18.9 Å². The largest absolute Gasteiger partial charge is 0.475 e. The third kappa shape index (κ3) is 10.7. The van der Waals surface area contributed by atoms with E-state index in [4.69, 9.17) is 9.53 Å². The molecule has 1 fully saturated rings. The number of amides is 3. The number of nitrogens with zero attached hydrogens (tertiary/aromatic N) is 2. The first-order chi connectivity index (χ1) is 18.6. The number of carbonyl (C=O) groups excluding carboxylic acids is 2. The highest BCUT2D eigenvalue weighted by Crippen LogP contribution is 2.47. The summed E-state index contributed by atoms with van der Waals surface area (Å²) in [6.45, 7) is 8.22. The van der Waals surface area contributed by atoms with Crippen LogP contribution in [0.1, 0.15) is 55.5 Å². The lowest BCUT2D eigenvalue weighted by atomic mass is 10.1. The molecule has 0 unspecified atom stereocenters. The number of ether oxygens (including phenoxy) is 1. The standard InChI is InChI=1S/C28H35FN4O3.CH3NO/c1-5-24(22-8-12-30-20(3)17-22)32-26(36-15-14-34)7-6-21-18-25(23(29)16-19(21)2)33-27(35)31-13-11-28(4)9-10-28;2-1-3/h5-8,12,16-18,34H,9-11,13-15H2,1-4H3,(H2,31,33,35);1H,(H2,2,3)/b7-6+,24-5-,32-26+;. The van der Waals surface area contributed by atoms with Crippen molar-refractivity contribution >= 4 is 35.8 Å². The molecule has 39 heavy (non-hydrogen) atoms. The minimum absolute atomic E-state index is 0.0734. The fraction of sp³-hybridized carbons (Fsp3) is 0.379. The van der Waals surface area contributed by atoms with Crippen LogP contribution in [-0.4, -0.2) is 48.2 Å². The van der Waals surface area contributed by atoms with E-state index < -0.39 is 11.8 Å². The van der Waals surface area contributed by atoms with Crippen LogP contribution in [0.4, 0.5) is 14.9 Å². The number of nitrogens with two attached hydrogens (primary N) is 1. The fourth-order valence-corrected chi connectivity index (χ4v) is 3.62. The predicted molar refractivity (Wildman–Crippen MR) is 152 cm³/mol. The minimum Gasteiger partial charge on any atom is -0.475 e. The van der Waals surface area contributed by atoms with Crippen LogP contribution in [-0.2, 0) is 9.53 Å².